The van der Waals surface area contributed by atoms with Gasteiger partial charge >= 0.3 is 0 Å². The fourth-order valence-electron chi connectivity index (χ4n) is 3.48. The van der Waals surface area contributed by atoms with Gasteiger partial charge in [-0.25, -0.2) is 9.97 Å². The highest BCUT2D eigenvalue weighted by Crippen LogP contribution is 2.28. The number of aromatic nitrogens is 2. The van der Waals surface area contributed by atoms with Crippen LogP contribution in [0, 0.1) is 13.8 Å². The van der Waals surface area contributed by atoms with E-state index in [0.717, 1.165) is 50.7 Å². The van der Waals surface area contributed by atoms with Crippen LogP contribution in [0.1, 0.15) is 17.8 Å². The van der Waals surface area contributed by atoms with Gasteiger partial charge in [0, 0.05) is 43.6 Å². The summed E-state index contributed by atoms with van der Waals surface area (Å²) in [5.74, 6) is 2.24. The Kier molecular flexibility index (Phi) is 9.80. The zero-order valence-electron chi connectivity index (χ0n) is 20.2. The highest BCUT2D eigenvalue weighted by atomic mass is 32.1. The van der Waals surface area contributed by atoms with Gasteiger partial charge in [-0.05, 0) is 50.7 Å². The fraction of sp³-hybridized carbons (Fsp3) is 0.478. The summed E-state index contributed by atoms with van der Waals surface area (Å²) in [5, 5.41) is 9.79. The monoisotopic (exact) mass is 487 g/mol. The van der Waals surface area contributed by atoms with E-state index in [-0.39, 0.29) is 0 Å². The van der Waals surface area contributed by atoms with Crippen molar-refractivity contribution in [1.29, 1.82) is 0 Å². The Balaban J connectivity index is 1.68. The number of anilines is 2. The molecule has 3 rings (SSSR count). The minimum Gasteiger partial charge on any atom is -0.497 e. The lowest BCUT2D eigenvalue weighted by Gasteiger charge is -2.26. The summed E-state index contributed by atoms with van der Waals surface area (Å²) >= 11 is 5.55. The van der Waals surface area contributed by atoms with Gasteiger partial charge < -0.3 is 24.8 Å². The number of morpholine rings is 1. The van der Waals surface area contributed by atoms with Gasteiger partial charge in [0.2, 0.25) is 11.9 Å². The molecule has 0 aliphatic carbocycles. The quantitative estimate of drug-likeness (QED) is 0.223. The summed E-state index contributed by atoms with van der Waals surface area (Å²) in [4.78, 5) is 16.0. The molecule has 1 aliphatic rings. The van der Waals surface area contributed by atoms with E-state index in [0.29, 0.717) is 40.8 Å². The van der Waals surface area contributed by atoms with Crippen molar-refractivity contribution in [2.24, 2.45) is 4.99 Å². The molecular weight excluding hydrogens is 454 g/mol. The van der Waals surface area contributed by atoms with E-state index in [9.17, 15) is 0 Å². The summed E-state index contributed by atoms with van der Waals surface area (Å²) in [6, 6.07) is 7.36. The van der Waals surface area contributed by atoms with E-state index in [4.69, 9.17) is 31.4 Å². The largest absolute Gasteiger partial charge is 0.497 e. The van der Waals surface area contributed by atoms with E-state index in [1.807, 2.05) is 38.1 Å². The van der Waals surface area contributed by atoms with E-state index in [1.165, 1.54) is 0 Å². The topological polar surface area (TPSA) is 105 Å². The number of methoxy groups -OCH3 is 2. The van der Waals surface area contributed by atoms with Crippen molar-refractivity contribution in [2.75, 3.05) is 64.2 Å². The maximum absolute atomic E-state index is 5.55. The van der Waals surface area contributed by atoms with Crippen LogP contribution in [0.3, 0.4) is 0 Å². The molecule has 0 saturated carbocycles. The van der Waals surface area contributed by atoms with E-state index >= 15 is 0 Å². The van der Waals surface area contributed by atoms with Crippen molar-refractivity contribution in [3.8, 4) is 11.5 Å². The van der Waals surface area contributed by atoms with Crippen LogP contribution >= 0.6 is 12.2 Å². The highest BCUT2D eigenvalue weighted by molar-refractivity contribution is 7.80. The zero-order valence-corrected chi connectivity index (χ0v) is 21.0. The first-order valence-corrected chi connectivity index (χ1v) is 11.6. The van der Waals surface area contributed by atoms with Crippen LogP contribution in [0.4, 0.5) is 11.6 Å². The third-order valence-electron chi connectivity index (χ3n) is 5.11. The molecule has 0 bridgehead atoms. The zero-order chi connectivity index (χ0) is 24.3. The molecule has 1 aliphatic heterocycles. The molecular formula is C23H33N7O3S. The molecule has 3 N–H and O–H groups in total. The van der Waals surface area contributed by atoms with E-state index in [1.54, 1.807) is 14.2 Å². The lowest BCUT2D eigenvalue weighted by atomic mass is 10.2. The number of hydrogen-bond acceptors (Lipinski definition) is 8. The van der Waals surface area contributed by atoms with Gasteiger partial charge in [-0.2, -0.15) is 0 Å². The van der Waals surface area contributed by atoms with Gasteiger partial charge in [-0.15, -0.1) is 0 Å². The van der Waals surface area contributed by atoms with Crippen molar-refractivity contribution in [3.63, 3.8) is 0 Å². The molecule has 1 saturated heterocycles. The van der Waals surface area contributed by atoms with E-state index < -0.39 is 0 Å². The molecule has 1 aromatic heterocycles. The van der Waals surface area contributed by atoms with Crippen LogP contribution in [0.25, 0.3) is 0 Å². The standard InChI is InChI=1S/C23H33N7O3S/c1-16-14-17(2)26-22(25-16)28-21(24-8-5-9-30-10-12-33-13-11-30)29-23(34)27-19-15-18(31-3)6-7-20(19)32-4/h6-7,14-15H,5,8-13H2,1-4H3,(H3,24,25,26,27,28,29,34). The molecule has 11 heteroatoms. The minimum atomic E-state index is 0.343. The molecule has 1 aromatic carbocycles. The molecule has 184 valence electrons. The van der Waals surface area contributed by atoms with Gasteiger partial charge in [-0.1, -0.05) is 0 Å². The Hall–Kier alpha value is -3.02. The molecule has 0 atom stereocenters. The predicted molar refractivity (Wildman–Crippen MR) is 138 cm³/mol. The number of thiocarbonyl (C=S) groups is 1. The molecule has 10 nitrogen and oxygen atoms in total. The Morgan fingerprint density at radius 1 is 1.09 bits per heavy atom. The molecule has 2 heterocycles. The summed E-state index contributed by atoms with van der Waals surface area (Å²) in [5.41, 5.74) is 2.40. The van der Waals surface area contributed by atoms with Crippen LogP contribution in [0.5, 0.6) is 11.5 Å². The SMILES string of the molecule is COc1ccc(OC)c(NC(=S)NC(=NCCCN2CCOCC2)Nc2nc(C)cc(C)n2)c1. The van der Waals surface area contributed by atoms with Gasteiger partial charge in [0.15, 0.2) is 5.11 Å². The van der Waals surface area contributed by atoms with Gasteiger partial charge in [0.1, 0.15) is 11.5 Å². The second-order valence-electron chi connectivity index (χ2n) is 7.78. The van der Waals surface area contributed by atoms with Gasteiger partial charge in [0.25, 0.3) is 0 Å². The van der Waals surface area contributed by atoms with Crippen LogP contribution < -0.4 is 25.4 Å². The van der Waals surface area contributed by atoms with Crippen molar-refractivity contribution in [2.45, 2.75) is 20.3 Å². The molecule has 34 heavy (non-hydrogen) atoms. The van der Waals surface area contributed by atoms with Crippen molar-refractivity contribution >= 4 is 34.9 Å². The average Bonchev–Trinajstić information content (AvgIpc) is 2.81. The third-order valence-corrected chi connectivity index (χ3v) is 5.31. The summed E-state index contributed by atoms with van der Waals surface area (Å²) in [6.45, 7) is 8.91. The normalized spacial score (nSPS) is 14.4. The predicted octanol–water partition coefficient (Wildman–Crippen LogP) is 2.59. The van der Waals surface area contributed by atoms with Gasteiger partial charge in [0.05, 0.1) is 33.1 Å². The Morgan fingerprint density at radius 2 is 1.82 bits per heavy atom. The molecule has 2 aromatic rings. The van der Waals surface area contributed by atoms with Crippen molar-refractivity contribution in [1.82, 2.24) is 20.2 Å². The number of aryl methyl sites for hydroxylation is 2. The average molecular weight is 488 g/mol. The summed E-state index contributed by atoms with van der Waals surface area (Å²) in [6.07, 6.45) is 0.907. The minimum absolute atomic E-state index is 0.343. The Labute approximate surface area is 206 Å². The Morgan fingerprint density at radius 3 is 2.50 bits per heavy atom. The molecule has 1 fully saturated rings. The fourth-order valence-corrected chi connectivity index (χ4v) is 3.69. The summed E-state index contributed by atoms with van der Waals surface area (Å²) in [7, 11) is 3.21. The maximum atomic E-state index is 5.55. The second kappa shape index (κ2) is 13.0. The first-order valence-electron chi connectivity index (χ1n) is 11.2. The lowest BCUT2D eigenvalue weighted by molar-refractivity contribution is 0.0377. The van der Waals surface area contributed by atoms with E-state index in [2.05, 4.69) is 30.8 Å². The number of nitrogens with zero attached hydrogens (tertiary/aromatic N) is 4. The number of rotatable bonds is 8. The van der Waals surface area contributed by atoms with Crippen molar-refractivity contribution in [3.05, 3.63) is 35.7 Å². The maximum Gasteiger partial charge on any atom is 0.229 e. The van der Waals surface area contributed by atoms with Crippen LogP contribution in [-0.2, 0) is 4.74 Å². The number of nitrogens with one attached hydrogen (secondary N) is 3. The number of guanidine groups is 1. The molecule has 0 radical (unpaired) electrons. The van der Waals surface area contributed by atoms with Gasteiger partial charge in [-0.3, -0.25) is 15.2 Å². The molecule has 0 unspecified atom stereocenters. The first kappa shape index (κ1) is 25.6. The number of benzene rings is 1. The highest BCUT2D eigenvalue weighted by Gasteiger charge is 2.12. The Bertz CT molecular complexity index is 976. The van der Waals surface area contributed by atoms with Crippen LogP contribution in [-0.4, -0.2) is 79.6 Å². The third kappa shape index (κ3) is 8.08. The van der Waals surface area contributed by atoms with Crippen LogP contribution in [0.2, 0.25) is 0 Å². The number of aliphatic imine (C=N–C) groups is 1. The second-order valence-corrected chi connectivity index (χ2v) is 8.19. The lowest BCUT2D eigenvalue weighted by Crippen LogP contribution is -2.39. The summed E-state index contributed by atoms with van der Waals surface area (Å²) < 4.78 is 16.1. The molecule has 0 spiro atoms. The number of ether oxygens (including phenoxy) is 3. The number of hydrogen-bond donors (Lipinski definition) is 3. The molecule has 0 amide bonds. The first-order chi connectivity index (χ1) is 16.5. The van der Waals surface area contributed by atoms with Crippen molar-refractivity contribution < 1.29 is 14.2 Å². The smallest absolute Gasteiger partial charge is 0.229 e. The van der Waals surface area contributed by atoms with Crippen LogP contribution in [0.15, 0.2) is 29.3 Å².